The molecular formula is C16H21BrN2O3S2. The predicted octanol–water partition coefficient (Wildman–Crippen LogP) is 2.86. The van der Waals surface area contributed by atoms with Crippen LogP contribution >= 0.6 is 27.7 Å². The Kier molecular flexibility index (Phi) is 5.89. The minimum atomic E-state index is -3.52. The lowest BCUT2D eigenvalue weighted by molar-refractivity contribution is 0.0934. The van der Waals surface area contributed by atoms with Gasteiger partial charge in [-0.2, -0.15) is 16.1 Å². The van der Waals surface area contributed by atoms with Crippen molar-refractivity contribution in [1.29, 1.82) is 0 Å². The maximum absolute atomic E-state index is 12.7. The lowest BCUT2D eigenvalue weighted by Crippen LogP contribution is -2.37. The van der Waals surface area contributed by atoms with Gasteiger partial charge in [0.2, 0.25) is 10.0 Å². The number of hydrogen-bond donors (Lipinski definition) is 1. The van der Waals surface area contributed by atoms with Gasteiger partial charge in [-0.25, -0.2) is 8.42 Å². The first-order valence-electron chi connectivity index (χ1n) is 8.17. The highest BCUT2D eigenvalue weighted by molar-refractivity contribution is 9.10. The number of hydrogen-bond acceptors (Lipinski definition) is 4. The molecule has 0 spiro atoms. The van der Waals surface area contributed by atoms with Crippen LogP contribution < -0.4 is 5.32 Å². The molecule has 1 aromatic rings. The van der Waals surface area contributed by atoms with Gasteiger partial charge in [0.25, 0.3) is 5.91 Å². The Labute approximate surface area is 155 Å². The van der Waals surface area contributed by atoms with Crippen LogP contribution in [-0.2, 0) is 10.0 Å². The summed E-state index contributed by atoms with van der Waals surface area (Å²) in [7, 11) is -3.52. The molecule has 0 bridgehead atoms. The Hall–Kier alpha value is -0.570. The normalized spacial score (nSPS) is 20.2. The molecule has 1 N–H and O–H groups in total. The van der Waals surface area contributed by atoms with Crippen molar-refractivity contribution in [3.05, 3.63) is 28.2 Å². The number of nitrogens with zero attached hydrogens (tertiary/aromatic N) is 1. The monoisotopic (exact) mass is 432 g/mol. The van der Waals surface area contributed by atoms with Crippen molar-refractivity contribution < 1.29 is 13.2 Å². The molecule has 2 fully saturated rings. The minimum absolute atomic E-state index is 0.171. The van der Waals surface area contributed by atoms with Crippen LogP contribution in [0.1, 0.15) is 36.0 Å². The molecule has 2 aliphatic heterocycles. The molecule has 0 aliphatic carbocycles. The maximum Gasteiger partial charge on any atom is 0.252 e. The number of rotatable bonds is 4. The largest absolute Gasteiger partial charge is 0.349 e. The quantitative estimate of drug-likeness (QED) is 0.793. The van der Waals surface area contributed by atoms with Gasteiger partial charge in [-0.05, 0) is 71.3 Å². The number of thioether (sulfide) groups is 1. The molecular weight excluding hydrogens is 412 g/mol. The summed E-state index contributed by atoms with van der Waals surface area (Å²) in [6, 6.07) is 4.87. The van der Waals surface area contributed by atoms with Crippen LogP contribution in [0.2, 0.25) is 0 Å². The Morgan fingerprint density at radius 1 is 1.21 bits per heavy atom. The molecule has 8 heteroatoms. The van der Waals surface area contributed by atoms with Crippen LogP contribution in [0.5, 0.6) is 0 Å². The molecule has 0 aromatic heterocycles. The first-order chi connectivity index (χ1) is 11.5. The van der Waals surface area contributed by atoms with E-state index in [9.17, 15) is 13.2 Å². The Balaban J connectivity index is 1.81. The second-order valence-electron chi connectivity index (χ2n) is 6.11. The van der Waals surface area contributed by atoms with Crippen LogP contribution in [0.15, 0.2) is 27.6 Å². The first-order valence-corrected chi connectivity index (χ1v) is 11.6. The van der Waals surface area contributed by atoms with Crippen molar-refractivity contribution in [2.75, 3.05) is 24.6 Å². The molecule has 3 rings (SSSR count). The summed E-state index contributed by atoms with van der Waals surface area (Å²) >= 11 is 5.27. The van der Waals surface area contributed by atoms with Crippen LogP contribution in [-0.4, -0.2) is 49.3 Å². The average Bonchev–Trinajstić information content (AvgIpc) is 3.11. The zero-order valence-electron chi connectivity index (χ0n) is 13.3. The summed E-state index contributed by atoms with van der Waals surface area (Å²) in [5.41, 5.74) is 0.383. The van der Waals surface area contributed by atoms with E-state index in [-0.39, 0.29) is 16.8 Å². The van der Waals surface area contributed by atoms with E-state index in [4.69, 9.17) is 0 Å². The van der Waals surface area contributed by atoms with Gasteiger partial charge in [0, 0.05) is 23.6 Å². The number of nitrogens with one attached hydrogen (secondary N) is 1. The fourth-order valence-corrected chi connectivity index (χ4v) is 6.10. The number of amides is 1. The highest BCUT2D eigenvalue weighted by Gasteiger charge is 2.28. The molecule has 0 unspecified atom stereocenters. The third-order valence-electron chi connectivity index (χ3n) is 4.44. The molecule has 132 valence electrons. The Bertz CT molecular complexity index is 712. The fraction of sp³-hybridized carbons (Fsp3) is 0.562. The molecule has 1 amide bonds. The summed E-state index contributed by atoms with van der Waals surface area (Å²) in [6.45, 7) is 1.11. The van der Waals surface area contributed by atoms with Gasteiger partial charge >= 0.3 is 0 Å². The predicted molar refractivity (Wildman–Crippen MR) is 99.9 cm³/mol. The lowest BCUT2D eigenvalue weighted by atomic mass is 10.1. The van der Waals surface area contributed by atoms with Gasteiger partial charge < -0.3 is 5.32 Å². The van der Waals surface area contributed by atoms with E-state index in [0.29, 0.717) is 23.1 Å². The summed E-state index contributed by atoms with van der Waals surface area (Å²) in [5.74, 6) is 1.89. The second-order valence-corrected chi connectivity index (χ2v) is 10.1. The molecule has 1 aromatic carbocycles. The van der Waals surface area contributed by atoms with E-state index < -0.39 is 10.0 Å². The Morgan fingerprint density at radius 3 is 2.54 bits per heavy atom. The van der Waals surface area contributed by atoms with E-state index >= 15 is 0 Å². The first kappa shape index (κ1) is 18.2. The number of benzene rings is 1. The molecule has 2 aliphatic rings. The number of carbonyl (C=O) groups excluding carboxylic acids is 1. The lowest BCUT2D eigenvalue weighted by Gasteiger charge is -2.23. The van der Waals surface area contributed by atoms with Crippen LogP contribution in [0.3, 0.4) is 0 Å². The zero-order chi connectivity index (χ0) is 17.2. The number of sulfonamides is 1. The number of carbonyl (C=O) groups is 1. The smallest absolute Gasteiger partial charge is 0.252 e. The van der Waals surface area contributed by atoms with Gasteiger partial charge in [0.1, 0.15) is 0 Å². The van der Waals surface area contributed by atoms with Gasteiger partial charge in [-0.15, -0.1) is 0 Å². The standard InChI is InChI=1S/C16H21BrN2O3S2/c17-15-4-3-13(24(21,22)19-7-1-2-8-19)11-14(15)16(20)18-12-5-9-23-10-6-12/h3-4,11-12H,1-2,5-10H2,(H,18,20). The third kappa shape index (κ3) is 3.98. The third-order valence-corrected chi connectivity index (χ3v) is 8.08. The van der Waals surface area contributed by atoms with E-state index in [2.05, 4.69) is 21.2 Å². The molecule has 0 atom stereocenters. The van der Waals surface area contributed by atoms with Crippen LogP contribution in [0.25, 0.3) is 0 Å². The zero-order valence-corrected chi connectivity index (χ0v) is 16.6. The van der Waals surface area contributed by atoms with Crippen molar-refractivity contribution in [2.24, 2.45) is 0 Å². The van der Waals surface area contributed by atoms with Crippen molar-refractivity contribution >= 4 is 43.6 Å². The molecule has 0 saturated carbocycles. The fourth-order valence-electron chi connectivity index (χ4n) is 3.02. The Morgan fingerprint density at radius 2 is 1.88 bits per heavy atom. The highest BCUT2D eigenvalue weighted by atomic mass is 79.9. The SMILES string of the molecule is O=C(NC1CCSCC1)c1cc(S(=O)(=O)N2CCCC2)ccc1Br. The minimum Gasteiger partial charge on any atom is -0.349 e. The van der Waals surface area contributed by atoms with Crippen molar-refractivity contribution in [1.82, 2.24) is 9.62 Å². The molecule has 5 nitrogen and oxygen atoms in total. The topological polar surface area (TPSA) is 66.5 Å². The second kappa shape index (κ2) is 7.76. The van der Waals surface area contributed by atoms with E-state index in [1.165, 1.54) is 10.4 Å². The molecule has 2 heterocycles. The van der Waals surface area contributed by atoms with Crippen LogP contribution in [0.4, 0.5) is 0 Å². The average molecular weight is 433 g/mol. The van der Waals surface area contributed by atoms with Crippen LogP contribution in [0, 0.1) is 0 Å². The van der Waals surface area contributed by atoms with Gasteiger partial charge in [-0.3, -0.25) is 4.79 Å². The van der Waals surface area contributed by atoms with Crippen molar-refractivity contribution in [2.45, 2.75) is 36.6 Å². The van der Waals surface area contributed by atoms with Crippen molar-refractivity contribution in [3.63, 3.8) is 0 Å². The molecule has 0 radical (unpaired) electrons. The van der Waals surface area contributed by atoms with E-state index in [0.717, 1.165) is 37.2 Å². The van der Waals surface area contributed by atoms with Crippen molar-refractivity contribution in [3.8, 4) is 0 Å². The highest BCUT2D eigenvalue weighted by Crippen LogP contribution is 2.26. The molecule has 24 heavy (non-hydrogen) atoms. The molecule has 2 saturated heterocycles. The summed E-state index contributed by atoms with van der Waals surface area (Å²) < 4.78 is 27.5. The summed E-state index contributed by atoms with van der Waals surface area (Å²) in [6.07, 6.45) is 3.70. The van der Waals surface area contributed by atoms with Gasteiger partial charge in [0.15, 0.2) is 0 Å². The maximum atomic E-state index is 12.7. The van der Waals surface area contributed by atoms with Gasteiger partial charge in [-0.1, -0.05) is 0 Å². The van der Waals surface area contributed by atoms with Gasteiger partial charge in [0.05, 0.1) is 10.5 Å². The number of halogens is 1. The van der Waals surface area contributed by atoms with E-state index in [1.54, 1.807) is 12.1 Å². The van der Waals surface area contributed by atoms with E-state index in [1.807, 2.05) is 11.8 Å². The summed E-state index contributed by atoms with van der Waals surface area (Å²) in [4.78, 5) is 12.8. The summed E-state index contributed by atoms with van der Waals surface area (Å²) in [5, 5.41) is 3.03.